The van der Waals surface area contributed by atoms with Crippen LogP contribution in [0.2, 0.25) is 0 Å². The number of nitrogens with one attached hydrogen (secondary N) is 1. The Balaban J connectivity index is 1.92. The van der Waals surface area contributed by atoms with E-state index in [1.165, 1.54) is 58.2 Å². The predicted molar refractivity (Wildman–Crippen MR) is 65.1 cm³/mol. The average molecular weight is 210 g/mol. The summed E-state index contributed by atoms with van der Waals surface area (Å²) in [6.45, 7) is 8.53. The highest BCUT2D eigenvalue weighted by Crippen LogP contribution is 2.35. The highest BCUT2D eigenvalue weighted by Gasteiger charge is 2.35. The number of nitrogens with zero attached hydrogens (tertiary/aromatic N) is 1. The van der Waals surface area contributed by atoms with E-state index >= 15 is 0 Å². The maximum Gasteiger partial charge on any atom is 0.0182 e. The van der Waals surface area contributed by atoms with Crippen molar-refractivity contribution in [2.24, 2.45) is 0 Å². The largest absolute Gasteiger partial charge is 0.313 e. The highest BCUT2D eigenvalue weighted by atomic mass is 15.2. The van der Waals surface area contributed by atoms with Gasteiger partial charge in [-0.3, -0.25) is 4.90 Å². The lowest BCUT2D eigenvalue weighted by atomic mass is 9.97. The summed E-state index contributed by atoms with van der Waals surface area (Å²) in [5.41, 5.74) is 0.532. The van der Waals surface area contributed by atoms with Gasteiger partial charge in [0.1, 0.15) is 0 Å². The first-order valence-corrected chi connectivity index (χ1v) is 6.73. The fourth-order valence-corrected chi connectivity index (χ4v) is 3.27. The van der Waals surface area contributed by atoms with Gasteiger partial charge in [-0.25, -0.2) is 0 Å². The fourth-order valence-electron chi connectivity index (χ4n) is 3.27. The molecule has 0 radical (unpaired) electrons. The molecule has 0 bridgehead atoms. The Hall–Kier alpha value is -0.0800. The van der Waals surface area contributed by atoms with Crippen LogP contribution in [0.5, 0.6) is 0 Å². The predicted octanol–water partition coefficient (Wildman–Crippen LogP) is 2.39. The summed E-state index contributed by atoms with van der Waals surface area (Å²) in [5.74, 6) is 0. The second kappa shape index (κ2) is 4.84. The summed E-state index contributed by atoms with van der Waals surface area (Å²) in [5, 5.41) is 3.66. The zero-order valence-corrected chi connectivity index (χ0v) is 10.4. The van der Waals surface area contributed by atoms with E-state index in [9.17, 15) is 0 Å². The average Bonchev–Trinajstić information content (AvgIpc) is 2.56. The summed E-state index contributed by atoms with van der Waals surface area (Å²) in [6.07, 6.45) is 8.35. The van der Waals surface area contributed by atoms with Crippen LogP contribution in [0.4, 0.5) is 0 Å². The third-order valence-electron chi connectivity index (χ3n) is 4.50. The molecule has 0 spiro atoms. The van der Waals surface area contributed by atoms with Gasteiger partial charge in [0.15, 0.2) is 0 Å². The van der Waals surface area contributed by atoms with E-state index in [2.05, 4.69) is 24.1 Å². The molecule has 1 saturated carbocycles. The first kappa shape index (κ1) is 11.4. The summed E-state index contributed by atoms with van der Waals surface area (Å²) >= 11 is 0. The number of rotatable bonds is 2. The van der Waals surface area contributed by atoms with E-state index < -0.39 is 0 Å². The van der Waals surface area contributed by atoms with E-state index in [4.69, 9.17) is 0 Å². The third-order valence-corrected chi connectivity index (χ3v) is 4.50. The van der Waals surface area contributed by atoms with Gasteiger partial charge >= 0.3 is 0 Å². The van der Waals surface area contributed by atoms with Gasteiger partial charge in [-0.05, 0) is 32.6 Å². The Kier molecular flexibility index (Phi) is 3.68. The fraction of sp³-hybridized carbons (Fsp3) is 1.00. The van der Waals surface area contributed by atoms with Crippen molar-refractivity contribution >= 4 is 0 Å². The van der Waals surface area contributed by atoms with Crippen molar-refractivity contribution in [3.05, 3.63) is 0 Å². The van der Waals surface area contributed by atoms with Crippen LogP contribution in [0, 0.1) is 0 Å². The molecule has 88 valence electrons. The molecule has 2 nitrogen and oxygen atoms in total. The Morgan fingerprint density at radius 2 is 2.00 bits per heavy atom. The Morgan fingerprint density at radius 1 is 1.27 bits per heavy atom. The van der Waals surface area contributed by atoms with E-state index in [-0.39, 0.29) is 0 Å². The van der Waals surface area contributed by atoms with Gasteiger partial charge in [0.2, 0.25) is 0 Å². The molecule has 1 saturated heterocycles. The summed E-state index contributed by atoms with van der Waals surface area (Å²) in [6, 6.07) is 0.764. The molecule has 1 heterocycles. The molecule has 1 unspecified atom stereocenters. The van der Waals surface area contributed by atoms with E-state index in [1.54, 1.807) is 0 Å². The van der Waals surface area contributed by atoms with Gasteiger partial charge in [-0.15, -0.1) is 0 Å². The smallest absolute Gasteiger partial charge is 0.0182 e. The van der Waals surface area contributed by atoms with Gasteiger partial charge in [0.05, 0.1) is 0 Å². The lowest BCUT2D eigenvalue weighted by Gasteiger charge is -2.37. The summed E-state index contributed by atoms with van der Waals surface area (Å²) < 4.78 is 0. The van der Waals surface area contributed by atoms with Crippen LogP contribution in [0.1, 0.15) is 52.4 Å². The van der Waals surface area contributed by atoms with Crippen molar-refractivity contribution in [2.45, 2.75) is 64.0 Å². The monoisotopic (exact) mass is 210 g/mol. The molecular weight excluding hydrogens is 184 g/mol. The van der Waals surface area contributed by atoms with Gasteiger partial charge in [-0.1, -0.05) is 19.8 Å². The molecule has 2 fully saturated rings. The minimum absolute atomic E-state index is 0.532. The van der Waals surface area contributed by atoms with Crippen molar-refractivity contribution in [3.8, 4) is 0 Å². The summed E-state index contributed by atoms with van der Waals surface area (Å²) in [4.78, 5) is 2.75. The second-order valence-electron chi connectivity index (χ2n) is 5.54. The lowest BCUT2D eigenvalue weighted by Crippen LogP contribution is -2.45. The number of hydrogen-bond acceptors (Lipinski definition) is 2. The first-order chi connectivity index (χ1) is 7.24. The van der Waals surface area contributed by atoms with Gasteiger partial charge in [0.25, 0.3) is 0 Å². The molecule has 0 aromatic carbocycles. The Bertz CT molecular complexity index is 197. The normalized spacial score (nSPS) is 32.8. The SMILES string of the molecule is CCC1CCN(C2(C)CCCC2)CCN1. The van der Waals surface area contributed by atoms with Crippen LogP contribution >= 0.6 is 0 Å². The van der Waals surface area contributed by atoms with Crippen LogP contribution in [0.15, 0.2) is 0 Å². The zero-order valence-electron chi connectivity index (χ0n) is 10.4. The van der Waals surface area contributed by atoms with Crippen LogP contribution < -0.4 is 5.32 Å². The molecule has 0 aromatic heterocycles. The van der Waals surface area contributed by atoms with Crippen LogP contribution in [0.3, 0.4) is 0 Å². The van der Waals surface area contributed by atoms with Crippen LogP contribution in [-0.4, -0.2) is 36.1 Å². The highest BCUT2D eigenvalue weighted by molar-refractivity contribution is 4.92. The zero-order chi connectivity index (χ0) is 10.7. The van der Waals surface area contributed by atoms with Crippen molar-refractivity contribution < 1.29 is 0 Å². The Morgan fingerprint density at radius 3 is 2.67 bits per heavy atom. The lowest BCUT2D eigenvalue weighted by molar-refractivity contribution is 0.117. The quantitative estimate of drug-likeness (QED) is 0.753. The van der Waals surface area contributed by atoms with E-state index in [0.29, 0.717) is 5.54 Å². The first-order valence-electron chi connectivity index (χ1n) is 6.73. The molecular formula is C13H26N2. The molecule has 0 amide bonds. The molecule has 2 heteroatoms. The molecule has 1 atom stereocenters. The molecule has 1 aliphatic heterocycles. The standard InChI is InChI=1S/C13H26N2/c1-3-12-6-10-15(11-9-14-12)13(2)7-4-5-8-13/h12,14H,3-11H2,1-2H3. The van der Waals surface area contributed by atoms with Crippen LogP contribution in [-0.2, 0) is 0 Å². The van der Waals surface area contributed by atoms with E-state index in [1.807, 2.05) is 0 Å². The molecule has 1 N–H and O–H groups in total. The Labute approximate surface area is 94.4 Å². The van der Waals surface area contributed by atoms with Crippen molar-refractivity contribution in [1.82, 2.24) is 10.2 Å². The molecule has 0 aromatic rings. The van der Waals surface area contributed by atoms with Gasteiger partial charge < -0.3 is 5.32 Å². The van der Waals surface area contributed by atoms with Gasteiger partial charge in [-0.2, -0.15) is 0 Å². The van der Waals surface area contributed by atoms with Gasteiger partial charge in [0, 0.05) is 31.2 Å². The van der Waals surface area contributed by atoms with E-state index in [0.717, 1.165) is 6.04 Å². The minimum Gasteiger partial charge on any atom is -0.313 e. The molecule has 1 aliphatic carbocycles. The molecule has 2 aliphatic rings. The van der Waals surface area contributed by atoms with Crippen molar-refractivity contribution in [2.75, 3.05) is 19.6 Å². The minimum atomic E-state index is 0.532. The topological polar surface area (TPSA) is 15.3 Å². The third kappa shape index (κ3) is 2.54. The maximum atomic E-state index is 3.66. The van der Waals surface area contributed by atoms with Crippen molar-refractivity contribution in [3.63, 3.8) is 0 Å². The van der Waals surface area contributed by atoms with Crippen molar-refractivity contribution in [1.29, 1.82) is 0 Å². The number of hydrogen-bond donors (Lipinski definition) is 1. The second-order valence-corrected chi connectivity index (χ2v) is 5.54. The maximum absolute atomic E-state index is 3.66. The molecule has 15 heavy (non-hydrogen) atoms. The molecule has 2 rings (SSSR count). The summed E-state index contributed by atoms with van der Waals surface area (Å²) in [7, 11) is 0. The van der Waals surface area contributed by atoms with Crippen LogP contribution in [0.25, 0.3) is 0 Å².